The van der Waals surface area contributed by atoms with Crippen molar-refractivity contribution in [1.29, 1.82) is 0 Å². The first-order valence-corrected chi connectivity index (χ1v) is 5.49. The maximum atomic E-state index is 4.24. The molecule has 0 fully saturated rings. The van der Waals surface area contributed by atoms with Crippen LogP contribution in [0.4, 0.5) is 5.82 Å². The molecule has 0 amide bonds. The molecule has 0 saturated carbocycles. The van der Waals surface area contributed by atoms with Gasteiger partial charge in [0, 0.05) is 31.6 Å². The first-order chi connectivity index (χ1) is 7.84. The predicted octanol–water partition coefficient (Wildman–Crippen LogP) is 2.16. The summed E-state index contributed by atoms with van der Waals surface area (Å²) < 4.78 is 0. The van der Waals surface area contributed by atoms with Crippen molar-refractivity contribution in [3.63, 3.8) is 0 Å². The Balaban J connectivity index is 1.72. The van der Waals surface area contributed by atoms with Crippen molar-refractivity contribution in [3.8, 4) is 0 Å². The molecule has 2 aromatic heterocycles. The lowest BCUT2D eigenvalue weighted by Gasteiger charge is -2.04. The number of nitrogens with one attached hydrogen (secondary N) is 2. The second-order valence-corrected chi connectivity index (χ2v) is 3.78. The molecule has 0 unspecified atom stereocenters. The Hall–Kier alpha value is -1.84. The molecule has 84 valence electrons. The summed E-state index contributed by atoms with van der Waals surface area (Å²) in [5.41, 5.74) is 1.23. The topological polar surface area (TPSA) is 53.6 Å². The Bertz CT molecular complexity index is 422. The fraction of sp³-hybridized carbons (Fsp3) is 0.333. The van der Waals surface area contributed by atoms with E-state index in [0.717, 1.165) is 31.0 Å². The smallest absolute Gasteiger partial charge is 0.126 e. The zero-order chi connectivity index (χ0) is 11.2. The summed E-state index contributed by atoms with van der Waals surface area (Å²) in [6, 6.07) is 4.04. The van der Waals surface area contributed by atoms with Crippen LogP contribution in [0.25, 0.3) is 0 Å². The molecular formula is C12H16N4. The highest BCUT2D eigenvalue weighted by atomic mass is 15.0. The molecule has 2 N–H and O–H groups in total. The number of imidazole rings is 1. The Labute approximate surface area is 95.1 Å². The van der Waals surface area contributed by atoms with Crippen LogP contribution in [-0.2, 0) is 6.42 Å². The monoisotopic (exact) mass is 216 g/mol. The molecule has 0 aliphatic heterocycles. The molecule has 0 saturated heterocycles. The van der Waals surface area contributed by atoms with Crippen LogP contribution in [0, 0.1) is 6.92 Å². The summed E-state index contributed by atoms with van der Waals surface area (Å²) in [6.07, 6.45) is 7.47. The van der Waals surface area contributed by atoms with Gasteiger partial charge in [0.15, 0.2) is 0 Å². The van der Waals surface area contributed by atoms with Gasteiger partial charge in [-0.25, -0.2) is 9.97 Å². The maximum Gasteiger partial charge on any atom is 0.126 e. The molecular weight excluding hydrogens is 200 g/mol. The number of aromatic amines is 1. The zero-order valence-electron chi connectivity index (χ0n) is 9.40. The van der Waals surface area contributed by atoms with Crippen molar-refractivity contribution in [2.24, 2.45) is 0 Å². The van der Waals surface area contributed by atoms with E-state index in [1.807, 2.05) is 24.5 Å². The van der Waals surface area contributed by atoms with E-state index in [1.165, 1.54) is 5.56 Å². The van der Waals surface area contributed by atoms with E-state index in [4.69, 9.17) is 0 Å². The lowest BCUT2D eigenvalue weighted by molar-refractivity contribution is 0.814. The number of aromatic nitrogens is 3. The molecule has 2 aromatic rings. The summed E-state index contributed by atoms with van der Waals surface area (Å²) in [4.78, 5) is 11.5. The Morgan fingerprint density at radius 2 is 2.25 bits per heavy atom. The van der Waals surface area contributed by atoms with E-state index in [-0.39, 0.29) is 0 Å². The van der Waals surface area contributed by atoms with E-state index < -0.39 is 0 Å². The number of hydrogen-bond donors (Lipinski definition) is 2. The number of nitrogens with zero attached hydrogens (tertiary/aromatic N) is 2. The van der Waals surface area contributed by atoms with Crippen LogP contribution in [-0.4, -0.2) is 21.5 Å². The maximum absolute atomic E-state index is 4.24. The van der Waals surface area contributed by atoms with Gasteiger partial charge in [-0.2, -0.15) is 0 Å². The molecule has 16 heavy (non-hydrogen) atoms. The summed E-state index contributed by atoms with van der Waals surface area (Å²) in [7, 11) is 0. The number of hydrogen-bond acceptors (Lipinski definition) is 3. The minimum Gasteiger partial charge on any atom is -0.370 e. The van der Waals surface area contributed by atoms with Crippen molar-refractivity contribution >= 4 is 5.82 Å². The SMILES string of the molecule is Cc1ccnc(NCCCc2ncc[nH]2)c1. The van der Waals surface area contributed by atoms with Gasteiger partial charge in [-0.15, -0.1) is 0 Å². The van der Waals surface area contributed by atoms with Crippen molar-refractivity contribution in [1.82, 2.24) is 15.0 Å². The predicted molar refractivity (Wildman–Crippen MR) is 64.4 cm³/mol. The number of rotatable bonds is 5. The fourth-order valence-corrected chi connectivity index (χ4v) is 1.54. The first kappa shape index (κ1) is 10.7. The molecule has 2 heterocycles. The highest BCUT2D eigenvalue weighted by Crippen LogP contribution is 2.05. The number of pyridine rings is 1. The molecule has 0 radical (unpaired) electrons. The summed E-state index contributed by atoms with van der Waals surface area (Å²) in [5, 5.41) is 3.30. The molecule has 0 aliphatic rings. The van der Waals surface area contributed by atoms with Gasteiger partial charge in [-0.1, -0.05) is 0 Å². The molecule has 0 spiro atoms. The van der Waals surface area contributed by atoms with E-state index in [0.29, 0.717) is 0 Å². The van der Waals surface area contributed by atoms with Crippen LogP contribution >= 0.6 is 0 Å². The van der Waals surface area contributed by atoms with Crippen molar-refractivity contribution in [2.45, 2.75) is 19.8 Å². The van der Waals surface area contributed by atoms with E-state index >= 15 is 0 Å². The fourth-order valence-electron chi connectivity index (χ4n) is 1.54. The first-order valence-electron chi connectivity index (χ1n) is 5.49. The molecule has 0 aromatic carbocycles. The Morgan fingerprint density at radius 1 is 1.31 bits per heavy atom. The Morgan fingerprint density at radius 3 is 3.00 bits per heavy atom. The lowest BCUT2D eigenvalue weighted by Crippen LogP contribution is -2.05. The minimum atomic E-state index is 0.914. The normalized spacial score (nSPS) is 10.3. The standard InChI is InChI=1S/C12H16N4/c1-10-4-6-14-12(9-10)13-5-2-3-11-15-7-8-16-11/h4,6-9H,2-3,5H2,1H3,(H,13,14)(H,15,16). The molecule has 0 aliphatic carbocycles. The molecule has 2 rings (SSSR count). The summed E-state index contributed by atoms with van der Waals surface area (Å²) >= 11 is 0. The summed E-state index contributed by atoms with van der Waals surface area (Å²) in [5.74, 6) is 1.98. The van der Waals surface area contributed by atoms with Gasteiger partial charge in [0.2, 0.25) is 0 Å². The van der Waals surface area contributed by atoms with Crippen LogP contribution in [0.1, 0.15) is 17.8 Å². The van der Waals surface area contributed by atoms with Gasteiger partial charge < -0.3 is 10.3 Å². The molecule has 4 heteroatoms. The average molecular weight is 216 g/mol. The van der Waals surface area contributed by atoms with Crippen molar-refractivity contribution < 1.29 is 0 Å². The van der Waals surface area contributed by atoms with Gasteiger partial charge in [-0.3, -0.25) is 0 Å². The third-order valence-electron chi connectivity index (χ3n) is 2.37. The number of H-pyrrole nitrogens is 1. The Kier molecular flexibility index (Phi) is 3.53. The largest absolute Gasteiger partial charge is 0.370 e. The second-order valence-electron chi connectivity index (χ2n) is 3.78. The lowest BCUT2D eigenvalue weighted by atomic mass is 10.3. The third kappa shape index (κ3) is 3.08. The van der Waals surface area contributed by atoms with Gasteiger partial charge in [0.05, 0.1) is 0 Å². The van der Waals surface area contributed by atoms with Crippen LogP contribution in [0.3, 0.4) is 0 Å². The van der Waals surface area contributed by atoms with E-state index in [2.05, 4.69) is 27.2 Å². The highest BCUT2D eigenvalue weighted by molar-refractivity contribution is 5.36. The van der Waals surface area contributed by atoms with Gasteiger partial charge in [0.1, 0.15) is 11.6 Å². The van der Waals surface area contributed by atoms with Crippen molar-refractivity contribution in [2.75, 3.05) is 11.9 Å². The van der Waals surface area contributed by atoms with E-state index in [9.17, 15) is 0 Å². The van der Waals surface area contributed by atoms with E-state index in [1.54, 1.807) is 6.20 Å². The van der Waals surface area contributed by atoms with Gasteiger partial charge in [0.25, 0.3) is 0 Å². The van der Waals surface area contributed by atoms with Crippen LogP contribution < -0.4 is 5.32 Å². The quantitative estimate of drug-likeness (QED) is 0.753. The van der Waals surface area contributed by atoms with Gasteiger partial charge >= 0.3 is 0 Å². The zero-order valence-corrected chi connectivity index (χ0v) is 9.40. The minimum absolute atomic E-state index is 0.914. The molecule has 0 bridgehead atoms. The van der Waals surface area contributed by atoms with Crippen LogP contribution in [0.2, 0.25) is 0 Å². The average Bonchev–Trinajstić information content (AvgIpc) is 2.77. The molecule has 0 atom stereocenters. The molecule has 4 nitrogen and oxygen atoms in total. The highest BCUT2D eigenvalue weighted by Gasteiger charge is 1.96. The van der Waals surface area contributed by atoms with Crippen molar-refractivity contribution in [3.05, 3.63) is 42.1 Å². The third-order valence-corrected chi connectivity index (χ3v) is 2.37. The second kappa shape index (κ2) is 5.30. The summed E-state index contributed by atoms with van der Waals surface area (Å²) in [6.45, 7) is 2.98. The van der Waals surface area contributed by atoms with Gasteiger partial charge in [-0.05, 0) is 31.0 Å². The number of aryl methyl sites for hydroxylation is 2. The number of anilines is 1. The van der Waals surface area contributed by atoms with Crippen LogP contribution in [0.5, 0.6) is 0 Å². The van der Waals surface area contributed by atoms with Crippen LogP contribution in [0.15, 0.2) is 30.7 Å².